The van der Waals surface area contributed by atoms with Crippen molar-refractivity contribution in [3.8, 4) is 0 Å². The minimum atomic E-state index is -0.172. The van der Waals surface area contributed by atoms with E-state index in [9.17, 15) is 4.79 Å². The van der Waals surface area contributed by atoms with Gasteiger partial charge in [-0.25, -0.2) is 5.43 Å². The molecule has 0 heterocycles. The zero-order valence-corrected chi connectivity index (χ0v) is 10.9. The number of aryl methyl sites for hydroxylation is 3. The zero-order chi connectivity index (χ0) is 12.8. The molecule has 1 amide bonds. The molecule has 0 aliphatic carbocycles. The van der Waals surface area contributed by atoms with Crippen LogP contribution in [0.3, 0.4) is 0 Å². The molecular weight excluding hydrogens is 216 g/mol. The van der Waals surface area contributed by atoms with Crippen LogP contribution in [0.4, 0.5) is 0 Å². The highest BCUT2D eigenvalue weighted by atomic mass is 16.5. The summed E-state index contributed by atoms with van der Waals surface area (Å²) in [6.45, 7) is 6.75. The standard InChI is InChI=1S/C13H20N2O2/c1-9-5-11(3)12(6-10(9)2)7-17-8-13(16)15-14-4/h5-6,14H,7-8H2,1-4H3,(H,15,16). The second kappa shape index (κ2) is 6.37. The highest BCUT2D eigenvalue weighted by molar-refractivity contribution is 5.76. The van der Waals surface area contributed by atoms with Crippen molar-refractivity contribution in [3.63, 3.8) is 0 Å². The van der Waals surface area contributed by atoms with Crippen molar-refractivity contribution in [1.29, 1.82) is 0 Å². The molecule has 0 saturated heterocycles. The Hall–Kier alpha value is -1.39. The Morgan fingerprint density at radius 1 is 1.18 bits per heavy atom. The summed E-state index contributed by atoms with van der Waals surface area (Å²) in [5, 5.41) is 0. The lowest BCUT2D eigenvalue weighted by atomic mass is 10.0. The monoisotopic (exact) mass is 236 g/mol. The first-order chi connectivity index (χ1) is 8.04. The fourth-order valence-electron chi connectivity index (χ4n) is 1.61. The Kier molecular flexibility index (Phi) is 5.12. The molecule has 0 radical (unpaired) electrons. The van der Waals surface area contributed by atoms with Crippen molar-refractivity contribution in [2.75, 3.05) is 13.7 Å². The summed E-state index contributed by atoms with van der Waals surface area (Å²) in [7, 11) is 1.64. The van der Waals surface area contributed by atoms with Gasteiger partial charge in [-0.15, -0.1) is 0 Å². The number of hydrogen-bond acceptors (Lipinski definition) is 3. The molecule has 0 atom stereocenters. The number of amides is 1. The number of benzene rings is 1. The molecule has 0 saturated carbocycles. The molecule has 1 rings (SSSR count). The number of hydrogen-bond donors (Lipinski definition) is 2. The van der Waals surface area contributed by atoms with E-state index in [4.69, 9.17) is 4.74 Å². The molecule has 0 aliphatic heterocycles. The molecule has 0 aliphatic rings. The smallest absolute Gasteiger partial charge is 0.260 e. The topological polar surface area (TPSA) is 50.4 Å². The Balaban J connectivity index is 2.52. The van der Waals surface area contributed by atoms with Crippen LogP contribution in [0.5, 0.6) is 0 Å². The largest absolute Gasteiger partial charge is 0.367 e. The van der Waals surface area contributed by atoms with E-state index in [1.807, 2.05) is 0 Å². The normalized spacial score (nSPS) is 10.4. The van der Waals surface area contributed by atoms with Crippen LogP contribution in [0.15, 0.2) is 12.1 Å². The third kappa shape index (κ3) is 4.17. The quantitative estimate of drug-likeness (QED) is 0.759. The summed E-state index contributed by atoms with van der Waals surface area (Å²) in [5.41, 5.74) is 9.87. The van der Waals surface area contributed by atoms with Crippen LogP contribution in [0.1, 0.15) is 22.3 Å². The van der Waals surface area contributed by atoms with Crippen LogP contribution in [-0.2, 0) is 16.1 Å². The molecule has 0 spiro atoms. The Labute approximate surface area is 102 Å². The molecular formula is C13H20N2O2. The Bertz CT molecular complexity index is 403. The van der Waals surface area contributed by atoms with E-state index >= 15 is 0 Å². The van der Waals surface area contributed by atoms with Gasteiger partial charge in [0.2, 0.25) is 0 Å². The van der Waals surface area contributed by atoms with Gasteiger partial charge >= 0.3 is 0 Å². The molecule has 1 aromatic rings. The minimum absolute atomic E-state index is 0.0627. The van der Waals surface area contributed by atoms with E-state index in [1.54, 1.807) is 7.05 Å². The molecule has 1 aromatic carbocycles. The number of rotatable bonds is 5. The minimum Gasteiger partial charge on any atom is -0.367 e. The van der Waals surface area contributed by atoms with Gasteiger partial charge in [0.1, 0.15) is 6.61 Å². The van der Waals surface area contributed by atoms with Crippen LogP contribution in [0, 0.1) is 20.8 Å². The van der Waals surface area contributed by atoms with Crippen LogP contribution < -0.4 is 10.9 Å². The van der Waals surface area contributed by atoms with E-state index in [2.05, 4.69) is 43.8 Å². The summed E-state index contributed by atoms with van der Waals surface area (Å²) >= 11 is 0. The summed E-state index contributed by atoms with van der Waals surface area (Å²) < 4.78 is 5.36. The van der Waals surface area contributed by atoms with Gasteiger partial charge in [0.25, 0.3) is 5.91 Å². The van der Waals surface area contributed by atoms with Crippen LogP contribution in [0.2, 0.25) is 0 Å². The SMILES string of the molecule is CNNC(=O)COCc1cc(C)c(C)cc1C. The first-order valence-corrected chi connectivity index (χ1v) is 5.64. The van der Waals surface area contributed by atoms with Crippen molar-refractivity contribution in [2.24, 2.45) is 0 Å². The first-order valence-electron chi connectivity index (χ1n) is 5.64. The van der Waals surface area contributed by atoms with Gasteiger partial charge in [0.15, 0.2) is 0 Å². The van der Waals surface area contributed by atoms with Crippen molar-refractivity contribution < 1.29 is 9.53 Å². The third-order valence-electron chi connectivity index (χ3n) is 2.71. The van der Waals surface area contributed by atoms with Crippen molar-refractivity contribution in [2.45, 2.75) is 27.4 Å². The van der Waals surface area contributed by atoms with E-state index in [0.29, 0.717) is 6.61 Å². The maximum absolute atomic E-state index is 11.1. The molecule has 0 aromatic heterocycles. The zero-order valence-electron chi connectivity index (χ0n) is 10.9. The van der Waals surface area contributed by atoms with Gasteiger partial charge in [-0.2, -0.15) is 0 Å². The summed E-state index contributed by atoms with van der Waals surface area (Å²) in [5.74, 6) is -0.172. The number of nitrogens with one attached hydrogen (secondary N) is 2. The number of ether oxygens (including phenoxy) is 1. The summed E-state index contributed by atoms with van der Waals surface area (Å²) in [6.07, 6.45) is 0. The predicted molar refractivity (Wildman–Crippen MR) is 67.5 cm³/mol. The van der Waals surface area contributed by atoms with E-state index in [1.165, 1.54) is 16.7 Å². The second-order valence-electron chi connectivity index (χ2n) is 4.15. The Morgan fingerprint density at radius 3 is 2.47 bits per heavy atom. The first kappa shape index (κ1) is 13.7. The van der Waals surface area contributed by atoms with E-state index < -0.39 is 0 Å². The third-order valence-corrected chi connectivity index (χ3v) is 2.71. The molecule has 2 N–H and O–H groups in total. The van der Waals surface area contributed by atoms with Gasteiger partial charge in [0.05, 0.1) is 6.61 Å². The van der Waals surface area contributed by atoms with Crippen LogP contribution in [0.25, 0.3) is 0 Å². The molecule has 0 fully saturated rings. The molecule has 0 bridgehead atoms. The van der Waals surface area contributed by atoms with Gasteiger partial charge < -0.3 is 4.74 Å². The maximum atomic E-state index is 11.1. The van der Waals surface area contributed by atoms with Crippen molar-refractivity contribution in [1.82, 2.24) is 10.9 Å². The number of hydrazine groups is 1. The molecule has 94 valence electrons. The maximum Gasteiger partial charge on any atom is 0.260 e. The summed E-state index contributed by atoms with van der Waals surface area (Å²) in [4.78, 5) is 11.1. The molecule has 4 nitrogen and oxygen atoms in total. The van der Waals surface area contributed by atoms with Gasteiger partial charge in [0, 0.05) is 7.05 Å². The molecule has 4 heteroatoms. The van der Waals surface area contributed by atoms with Gasteiger partial charge in [-0.05, 0) is 43.0 Å². The van der Waals surface area contributed by atoms with Crippen LogP contribution >= 0.6 is 0 Å². The summed E-state index contributed by atoms with van der Waals surface area (Å²) in [6, 6.07) is 4.25. The van der Waals surface area contributed by atoms with E-state index in [0.717, 1.165) is 5.56 Å². The number of carbonyl (C=O) groups excluding carboxylic acids is 1. The highest BCUT2D eigenvalue weighted by Gasteiger charge is 2.04. The highest BCUT2D eigenvalue weighted by Crippen LogP contribution is 2.15. The second-order valence-corrected chi connectivity index (χ2v) is 4.15. The lowest BCUT2D eigenvalue weighted by molar-refractivity contribution is -0.126. The average Bonchev–Trinajstić information content (AvgIpc) is 2.26. The lowest BCUT2D eigenvalue weighted by Gasteiger charge is -2.10. The molecule has 17 heavy (non-hydrogen) atoms. The van der Waals surface area contributed by atoms with Gasteiger partial charge in [-0.3, -0.25) is 10.2 Å². The number of carbonyl (C=O) groups is 1. The average molecular weight is 236 g/mol. The van der Waals surface area contributed by atoms with E-state index in [-0.39, 0.29) is 12.5 Å². The fourth-order valence-corrected chi connectivity index (χ4v) is 1.61. The lowest BCUT2D eigenvalue weighted by Crippen LogP contribution is -2.36. The fraction of sp³-hybridized carbons (Fsp3) is 0.462. The molecule has 0 unspecified atom stereocenters. The predicted octanol–water partition coefficient (Wildman–Crippen LogP) is 1.38. The van der Waals surface area contributed by atoms with Crippen molar-refractivity contribution in [3.05, 3.63) is 34.4 Å². The van der Waals surface area contributed by atoms with Crippen LogP contribution in [-0.4, -0.2) is 19.6 Å². The van der Waals surface area contributed by atoms with Gasteiger partial charge in [-0.1, -0.05) is 12.1 Å². The Morgan fingerprint density at radius 2 is 1.82 bits per heavy atom. The van der Waals surface area contributed by atoms with Crippen molar-refractivity contribution >= 4 is 5.91 Å².